The molecule has 0 spiro atoms. The molecule has 0 saturated carbocycles. The monoisotopic (exact) mass is 666 g/mol. The summed E-state index contributed by atoms with van der Waals surface area (Å²) in [5, 5.41) is 7.47. The van der Waals surface area contributed by atoms with Crippen molar-refractivity contribution in [2.45, 2.75) is 12.8 Å². The minimum absolute atomic E-state index is 0.575. The van der Waals surface area contributed by atoms with E-state index >= 15 is 0 Å². The molecule has 2 heterocycles. The molecule has 6 aromatic carbocycles. The molecule has 0 fully saturated rings. The van der Waals surface area contributed by atoms with Gasteiger partial charge in [0.25, 0.3) is 0 Å². The van der Waals surface area contributed by atoms with Crippen LogP contribution in [0.3, 0.4) is 0 Å². The van der Waals surface area contributed by atoms with Crippen molar-refractivity contribution in [3.05, 3.63) is 146 Å². The predicted octanol–water partition coefficient (Wildman–Crippen LogP) is 7.19. The Morgan fingerprint density at radius 1 is 0.333 bits per heavy atom. The van der Waals surface area contributed by atoms with E-state index < -0.39 is 15.8 Å². The van der Waals surface area contributed by atoms with Crippen LogP contribution in [0.2, 0.25) is 0 Å². The molecule has 0 atom stereocenters. The molecule has 0 radical (unpaired) electrons. The van der Waals surface area contributed by atoms with E-state index in [2.05, 4.69) is 146 Å². The molecule has 0 aliphatic carbocycles. The Labute approximate surface area is 284 Å². The van der Waals surface area contributed by atoms with E-state index in [0.717, 1.165) is 47.0 Å². The van der Waals surface area contributed by atoms with Crippen molar-refractivity contribution in [1.29, 1.82) is 0 Å². The van der Waals surface area contributed by atoms with Crippen LogP contribution in [0.1, 0.15) is 12.8 Å². The molecule has 0 saturated heterocycles. The molecule has 2 aliphatic heterocycles. The van der Waals surface area contributed by atoms with Gasteiger partial charge >= 0.3 is 0 Å². The molecular formula is C42H36O4P2. The second kappa shape index (κ2) is 14.2. The van der Waals surface area contributed by atoms with Crippen LogP contribution in [-0.4, -0.2) is 26.4 Å². The number of benzene rings is 6. The lowest BCUT2D eigenvalue weighted by molar-refractivity contribution is 0.296. The van der Waals surface area contributed by atoms with Gasteiger partial charge in [0.1, 0.15) is 0 Å². The van der Waals surface area contributed by atoms with Gasteiger partial charge in [-0.2, -0.15) is 0 Å². The summed E-state index contributed by atoms with van der Waals surface area (Å²) in [6.07, 6.45) is 1.63. The fourth-order valence-corrected chi connectivity index (χ4v) is 11.4. The summed E-state index contributed by atoms with van der Waals surface area (Å²) < 4.78 is 26.3. The average Bonchev–Trinajstić information content (AvgIpc) is 3.55. The Morgan fingerprint density at radius 3 is 0.979 bits per heavy atom. The highest BCUT2D eigenvalue weighted by molar-refractivity contribution is 7.80. The van der Waals surface area contributed by atoms with Gasteiger partial charge < -0.3 is 18.9 Å². The van der Waals surface area contributed by atoms with Crippen LogP contribution in [0.4, 0.5) is 0 Å². The largest absolute Gasteiger partial charge is 0.490 e. The van der Waals surface area contributed by atoms with Gasteiger partial charge in [0.15, 0.2) is 23.0 Å². The minimum Gasteiger partial charge on any atom is -0.490 e. The van der Waals surface area contributed by atoms with Crippen LogP contribution < -0.4 is 50.8 Å². The number of hydrogen-bond acceptors (Lipinski definition) is 4. The summed E-state index contributed by atoms with van der Waals surface area (Å²) in [7, 11) is -2.00. The molecule has 0 bridgehead atoms. The van der Waals surface area contributed by atoms with Gasteiger partial charge in [-0.15, -0.1) is 0 Å². The molecule has 238 valence electrons. The van der Waals surface area contributed by atoms with Crippen LogP contribution in [-0.2, 0) is 0 Å². The van der Waals surface area contributed by atoms with Gasteiger partial charge in [-0.3, -0.25) is 0 Å². The van der Waals surface area contributed by atoms with Crippen molar-refractivity contribution < 1.29 is 18.9 Å². The average molecular weight is 667 g/mol. The molecule has 48 heavy (non-hydrogen) atoms. The summed E-state index contributed by atoms with van der Waals surface area (Å²) in [6.45, 7) is 2.37. The predicted molar refractivity (Wildman–Crippen MR) is 201 cm³/mol. The van der Waals surface area contributed by atoms with E-state index in [4.69, 9.17) is 18.9 Å². The summed E-state index contributed by atoms with van der Waals surface area (Å²) >= 11 is 0. The first-order chi connectivity index (χ1) is 23.9. The Kier molecular flexibility index (Phi) is 9.11. The SMILES string of the molecule is c1ccc(P(c2ccccc2)c2ccc3c(c2-c2c(P(c4ccccc4)c4ccccc4)ccc4c2OCCCO4)OCCCO3)cc1. The second-order valence-corrected chi connectivity index (χ2v) is 16.1. The first kappa shape index (κ1) is 30.7. The second-order valence-electron chi connectivity index (χ2n) is 11.7. The zero-order valence-corrected chi connectivity index (χ0v) is 28.4. The summed E-state index contributed by atoms with van der Waals surface area (Å²) in [4.78, 5) is 0. The zero-order chi connectivity index (χ0) is 32.1. The van der Waals surface area contributed by atoms with Crippen LogP contribution in [0, 0.1) is 0 Å². The lowest BCUT2D eigenvalue weighted by Gasteiger charge is -2.29. The molecule has 2 aliphatic rings. The van der Waals surface area contributed by atoms with Crippen LogP contribution in [0.15, 0.2) is 146 Å². The molecule has 6 aromatic rings. The fraction of sp³-hybridized carbons (Fsp3) is 0.143. The van der Waals surface area contributed by atoms with Gasteiger partial charge in [0.2, 0.25) is 0 Å². The van der Waals surface area contributed by atoms with Crippen molar-refractivity contribution in [2.75, 3.05) is 26.4 Å². The van der Waals surface area contributed by atoms with Crippen molar-refractivity contribution in [1.82, 2.24) is 0 Å². The molecule has 8 rings (SSSR count). The number of ether oxygens (including phenoxy) is 4. The molecular weight excluding hydrogens is 630 g/mol. The summed E-state index contributed by atoms with van der Waals surface area (Å²) in [5.74, 6) is 3.10. The van der Waals surface area contributed by atoms with Crippen LogP contribution >= 0.6 is 15.8 Å². The highest BCUT2D eigenvalue weighted by atomic mass is 31.1. The Bertz CT molecular complexity index is 1760. The van der Waals surface area contributed by atoms with E-state index in [1.165, 1.54) is 31.8 Å². The number of fused-ring (bicyclic) bond motifs is 2. The highest BCUT2D eigenvalue weighted by Crippen LogP contribution is 2.52. The molecule has 6 heteroatoms. The third kappa shape index (κ3) is 6.08. The highest BCUT2D eigenvalue weighted by Gasteiger charge is 2.34. The fourth-order valence-electron chi connectivity index (χ4n) is 6.47. The summed E-state index contributed by atoms with van der Waals surface area (Å²) in [6, 6.07) is 52.2. The van der Waals surface area contributed by atoms with E-state index in [0.29, 0.717) is 26.4 Å². The lowest BCUT2D eigenvalue weighted by Crippen LogP contribution is -2.27. The third-order valence-corrected chi connectivity index (χ3v) is 13.5. The van der Waals surface area contributed by atoms with Crippen molar-refractivity contribution in [2.24, 2.45) is 0 Å². The summed E-state index contributed by atoms with van der Waals surface area (Å²) in [5.41, 5.74) is 2.06. The van der Waals surface area contributed by atoms with Gasteiger partial charge in [-0.1, -0.05) is 121 Å². The molecule has 0 aromatic heterocycles. The van der Waals surface area contributed by atoms with E-state index in [-0.39, 0.29) is 0 Å². The number of hydrogen-bond donors (Lipinski definition) is 0. The minimum atomic E-state index is -0.999. The van der Waals surface area contributed by atoms with Gasteiger partial charge in [-0.25, -0.2) is 0 Å². The molecule has 0 unspecified atom stereocenters. The van der Waals surface area contributed by atoms with Crippen molar-refractivity contribution >= 4 is 47.7 Å². The Morgan fingerprint density at radius 2 is 0.646 bits per heavy atom. The van der Waals surface area contributed by atoms with E-state index in [9.17, 15) is 0 Å². The normalized spacial score (nSPS) is 14.0. The topological polar surface area (TPSA) is 36.9 Å². The maximum absolute atomic E-state index is 6.76. The molecule has 0 amide bonds. The van der Waals surface area contributed by atoms with E-state index in [1.54, 1.807) is 0 Å². The third-order valence-electron chi connectivity index (χ3n) is 8.57. The first-order valence-corrected chi connectivity index (χ1v) is 19.2. The molecule has 4 nitrogen and oxygen atoms in total. The van der Waals surface area contributed by atoms with Gasteiger partial charge in [0.05, 0.1) is 26.4 Å². The standard InChI is InChI=1S/C42H36O4P2/c1-5-15-31(16-6-1)47(32-17-7-2-8-18-32)37-25-23-35-41(45-29-13-27-43-35)39(37)40-38(26-24-36-42(40)46-30-14-28-44-36)48(33-19-9-3-10-20-33)34-21-11-4-12-22-34/h1-12,15-26H,13-14,27-30H2. The maximum Gasteiger partial charge on any atom is 0.169 e. The smallest absolute Gasteiger partial charge is 0.169 e. The maximum atomic E-state index is 6.76. The quantitative estimate of drug-likeness (QED) is 0.169. The number of rotatable bonds is 7. The Hall–Kier alpha value is -4.62. The van der Waals surface area contributed by atoms with Crippen molar-refractivity contribution in [3.63, 3.8) is 0 Å². The lowest BCUT2D eigenvalue weighted by atomic mass is 10.0. The zero-order valence-electron chi connectivity index (χ0n) is 26.6. The first-order valence-electron chi connectivity index (χ1n) is 16.5. The van der Waals surface area contributed by atoms with Crippen molar-refractivity contribution in [3.8, 4) is 34.1 Å². The van der Waals surface area contributed by atoms with Crippen LogP contribution in [0.25, 0.3) is 11.1 Å². The van der Waals surface area contributed by atoms with Gasteiger partial charge in [0, 0.05) is 24.0 Å². The van der Waals surface area contributed by atoms with Gasteiger partial charge in [-0.05, 0) is 71.9 Å². The van der Waals surface area contributed by atoms with E-state index in [1.807, 2.05) is 0 Å². The Balaban J connectivity index is 1.49. The molecule has 0 N–H and O–H groups in total. The van der Waals surface area contributed by atoms with Crippen LogP contribution in [0.5, 0.6) is 23.0 Å².